The number of unbranched alkanes of at least 4 members (excludes halogenated alkanes) is 36. The van der Waals surface area contributed by atoms with Gasteiger partial charge in [0.25, 0.3) is 0 Å². The van der Waals surface area contributed by atoms with Gasteiger partial charge in [-0.3, -0.25) is 4.79 Å². The fourth-order valence-electron chi connectivity index (χ4n) is 8.15. The van der Waals surface area contributed by atoms with Gasteiger partial charge in [0.2, 0.25) is 5.91 Å². The molecular formula is C56H105NO3. The van der Waals surface area contributed by atoms with Crippen molar-refractivity contribution >= 4 is 5.91 Å². The van der Waals surface area contributed by atoms with Gasteiger partial charge < -0.3 is 15.5 Å². The molecular weight excluding hydrogens is 735 g/mol. The van der Waals surface area contributed by atoms with Crippen molar-refractivity contribution in [2.45, 2.75) is 296 Å². The number of rotatable bonds is 49. The van der Waals surface area contributed by atoms with Gasteiger partial charge in [0.1, 0.15) is 0 Å². The van der Waals surface area contributed by atoms with Crippen molar-refractivity contribution < 1.29 is 15.0 Å². The summed E-state index contributed by atoms with van der Waals surface area (Å²) in [5.41, 5.74) is 0. The van der Waals surface area contributed by atoms with Crippen LogP contribution in [0.2, 0.25) is 0 Å². The molecule has 0 aromatic rings. The molecule has 0 radical (unpaired) electrons. The van der Waals surface area contributed by atoms with E-state index in [2.05, 4.69) is 55.6 Å². The maximum absolute atomic E-state index is 12.4. The third-order valence-electron chi connectivity index (χ3n) is 12.3. The zero-order valence-electron chi connectivity index (χ0n) is 40.5. The summed E-state index contributed by atoms with van der Waals surface area (Å²) < 4.78 is 0. The van der Waals surface area contributed by atoms with E-state index in [-0.39, 0.29) is 12.5 Å². The topological polar surface area (TPSA) is 69.6 Å². The highest BCUT2D eigenvalue weighted by Gasteiger charge is 2.17. The lowest BCUT2D eigenvalue weighted by atomic mass is 10.0. The highest BCUT2D eigenvalue weighted by Crippen LogP contribution is 2.16. The fourth-order valence-corrected chi connectivity index (χ4v) is 8.15. The zero-order chi connectivity index (χ0) is 43.5. The van der Waals surface area contributed by atoms with Gasteiger partial charge >= 0.3 is 0 Å². The number of amides is 1. The van der Waals surface area contributed by atoms with Crippen molar-refractivity contribution in [3.8, 4) is 0 Å². The van der Waals surface area contributed by atoms with E-state index < -0.39 is 12.1 Å². The van der Waals surface area contributed by atoms with E-state index in [4.69, 9.17) is 0 Å². The smallest absolute Gasteiger partial charge is 0.220 e. The Kier molecular flexibility index (Phi) is 50.3. The molecule has 0 rings (SSSR count). The lowest BCUT2D eigenvalue weighted by Crippen LogP contribution is -2.45. The molecule has 0 aliphatic heterocycles. The molecule has 0 aliphatic carbocycles. The molecule has 0 saturated heterocycles. The van der Waals surface area contributed by atoms with Crippen LogP contribution >= 0.6 is 0 Å². The molecule has 0 aromatic carbocycles. The number of nitrogens with one attached hydrogen (secondary N) is 1. The Morgan fingerprint density at radius 1 is 0.383 bits per heavy atom. The van der Waals surface area contributed by atoms with Gasteiger partial charge in [-0.1, -0.05) is 255 Å². The third kappa shape index (κ3) is 47.4. The Morgan fingerprint density at radius 2 is 0.650 bits per heavy atom. The minimum Gasteiger partial charge on any atom is -0.394 e. The standard InChI is InChI=1S/C56H105NO3/c1-3-5-7-9-11-13-15-17-19-21-23-24-25-26-27-28-29-30-31-32-33-34-35-37-39-41-43-45-47-49-51-55(59)54(53-58)57-56(60)52-50-48-46-44-42-40-38-36-22-20-18-16-14-12-10-8-6-4-2/h20,22,34-35,41,43,49,51,54-55,58-59H,3-19,21,23-33,36-40,42,44-48,50,52-53H2,1-2H3,(H,57,60)/b22-20-,35-34+,43-41+,51-49+. The van der Waals surface area contributed by atoms with Crippen LogP contribution in [0, 0.1) is 0 Å². The molecule has 3 N–H and O–H groups in total. The van der Waals surface area contributed by atoms with Crippen molar-refractivity contribution in [3.63, 3.8) is 0 Å². The molecule has 0 aromatic heterocycles. The number of aliphatic hydroxyl groups is 2. The second kappa shape index (κ2) is 51.7. The number of hydrogen-bond acceptors (Lipinski definition) is 3. The maximum Gasteiger partial charge on any atom is 0.220 e. The molecule has 0 fully saturated rings. The van der Waals surface area contributed by atoms with Gasteiger partial charge in [0.15, 0.2) is 0 Å². The first-order valence-electron chi connectivity index (χ1n) is 26.9. The van der Waals surface area contributed by atoms with Crippen molar-refractivity contribution in [1.82, 2.24) is 5.32 Å². The molecule has 352 valence electrons. The van der Waals surface area contributed by atoms with Crippen LogP contribution in [0.3, 0.4) is 0 Å². The van der Waals surface area contributed by atoms with Gasteiger partial charge in [0.05, 0.1) is 18.8 Å². The van der Waals surface area contributed by atoms with Gasteiger partial charge in [0, 0.05) is 6.42 Å². The van der Waals surface area contributed by atoms with Crippen molar-refractivity contribution in [2.75, 3.05) is 6.61 Å². The van der Waals surface area contributed by atoms with Crippen LogP contribution < -0.4 is 5.32 Å². The Labute approximate surface area is 375 Å². The summed E-state index contributed by atoms with van der Waals surface area (Å²) >= 11 is 0. The summed E-state index contributed by atoms with van der Waals surface area (Å²) in [5.74, 6) is -0.0810. The lowest BCUT2D eigenvalue weighted by molar-refractivity contribution is -0.123. The van der Waals surface area contributed by atoms with Crippen LogP contribution in [0.1, 0.15) is 284 Å². The second-order valence-corrected chi connectivity index (χ2v) is 18.3. The zero-order valence-corrected chi connectivity index (χ0v) is 40.5. The predicted octanol–water partition coefficient (Wildman–Crippen LogP) is 17.5. The molecule has 4 heteroatoms. The molecule has 0 aliphatic rings. The number of carbonyl (C=O) groups is 1. The molecule has 0 heterocycles. The Balaban J connectivity index is 3.56. The number of aliphatic hydroxyl groups excluding tert-OH is 2. The number of hydrogen-bond donors (Lipinski definition) is 3. The van der Waals surface area contributed by atoms with Crippen molar-refractivity contribution in [1.29, 1.82) is 0 Å². The fraction of sp³-hybridized carbons (Fsp3) is 0.839. The molecule has 0 bridgehead atoms. The average Bonchev–Trinajstić information content (AvgIpc) is 3.25. The maximum atomic E-state index is 12.4. The largest absolute Gasteiger partial charge is 0.394 e. The lowest BCUT2D eigenvalue weighted by Gasteiger charge is -2.19. The van der Waals surface area contributed by atoms with Gasteiger partial charge in [-0.25, -0.2) is 0 Å². The molecule has 0 spiro atoms. The summed E-state index contributed by atoms with van der Waals surface area (Å²) in [4.78, 5) is 12.4. The highest BCUT2D eigenvalue weighted by molar-refractivity contribution is 5.76. The predicted molar refractivity (Wildman–Crippen MR) is 267 cm³/mol. The third-order valence-corrected chi connectivity index (χ3v) is 12.3. The highest BCUT2D eigenvalue weighted by atomic mass is 16.3. The molecule has 60 heavy (non-hydrogen) atoms. The summed E-state index contributed by atoms with van der Waals surface area (Å²) in [6.07, 6.45) is 71.2. The van der Waals surface area contributed by atoms with E-state index in [1.165, 1.54) is 225 Å². The van der Waals surface area contributed by atoms with Crippen LogP contribution in [0.25, 0.3) is 0 Å². The Bertz CT molecular complexity index is 954. The van der Waals surface area contributed by atoms with Crippen molar-refractivity contribution in [3.05, 3.63) is 48.6 Å². The Morgan fingerprint density at radius 3 is 0.967 bits per heavy atom. The molecule has 2 atom stereocenters. The summed E-state index contributed by atoms with van der Waals surface area (Å²) in [6.45, 7) is 4.31. The second-order valence-electron chi connectivity index (χ2n) is 18.3. The molecule has 1 amide bonds. The van der Waals surface area contributed by atoms with Gasteiger partial charge in [-0.15, -0.1) is 0 Å². The first-order valence-corrected chi connectivity index (χ1v) is 26.9. The SMILES string of the molecule is CCCCCCCCC/C=C\CCCCCCCCCC(=O)NC(CO)C(O)/C=C/CC/C=C/CC/C=C/CCCCCCCCCCCCCCCCCCCCCC. The molecule has 4 nitrogen and oxygen atoms in total. The van der Waals surface area contributed by atoms with Gasteiger partial charge in [-0.05, 0) is 70.6 Å². The Hall–Kier alpha value is -1.65. The molecule has 2 unspecified atom stereocenters. The van der Waals surface area contributed by atoms with E-state index >= 15 is 0 Å². The van der Waals surface area contributed by atoms with E-state index in [1.807, 2.05) is 6.08 Å². The van der Waals surface area contributed by atoms with E-state index in [0.717, 1.165) is 38.5 Å². The van der Waals surface area contributed by atoms with Crippen LogP contribution in [-0.2, 0) is 4.79 Å². The minimum atomic E-state index is -0.873. The van der Waals surface area contributed by atoms with Gasteiger partial charge in [-0.2, -0.15) is 0 Å². The monoisotopic (exact) mass is 840 g/mol. The summed E-state index contributed by atoms with van der Waals surface area (Å²) in [6, 6.07) is -0.649. The van der Waals surface area contributed by atoms with Crippen LogP contribution in [0.5, 0.6) is 0 Å². The molecule has 0 saturated carbocycles. The average molecular weight is 840 g/mol. The van der Waals surface area contributed by atoms with Crippen LogP contribution in [0.4, 0.5) is 0 Å². The van der Waals surface area contributed by atoms with Crippen LogP contribution in [-0.4, -0.2) is 34.9 Å². The van der Waals surface area contributed by atoms with E-state index in [1.54, 1.807) is 6.08 Å². The first-order chi connectivity index (χ1) is 29.7. The quantitative estimate of drug-likeness (QED) is 0.0422. The van der Waals surface area contributed by atoms with E-state index in [0.29, 0.717) is 6.42 Å². The minimum absolute atomic E-state index is 0.0810. The summed E-state index contributed by atoms with van der Waals surface area (Å²) in [7, 11) is 0. The van der Waals surface area contributed by atoms with E-state index in [9.17, 15) is 15.0 Å². The van der Waals surface area contributed by atoms with Crippen molar-refractivity contribution in [2.24, 2.45) is 0 Å². The number of allylic oxidation sites excluding steroid dienone is 7. The normalized spacial score (nSPS) is 13.2. The number of carbonyl (C=O) groups excluding carboxylic acids is 1. The first kappa shape index (κ1) is 58.4. The summed E-state index contributed by atoms with van der Waals surface area (Å²) in [5, 5.41) is 23.1. The van der Waals surface area contributed by atoms with Crippen LogP contribution in [0.15, 0.2) is 48.6 Å².